The van der Waals surface area contributed by atoms with Gasteiger partial charge in [-0.15, -0.1) is 0 Å². The zero-order valence-corrected chi connectivity index (χ0v) is 12.8. The van der Waals surface area contributed by atoms with Crippen molar-refractivity contribution in [2.24, 2.45) is 0 Å². The summed E-state index contributed by atoms with van der Waals surface area (Å²) >= 11 is 0. The maximum atomic E-state index is 3.73. The third-order valence-corrected chi connectivity index (χ3v) is 4.64. The summed E-state index contributed by atoms with van der Waals surface area (Å²) in [7, 11) is 4.17. The summed E-state index contributed by atoms with van der Waals surface area (Å²) in [4.78, 5) is 4.83. The molecule has 1 aromatic carbocycles. The van der Waals surface area contributed by atoms with Gasteiger partial charge in [0.15, 0.2) is 0 Å². The van der Waals surface area contributed by atoms with Crippen LogP contribution < -0.4 is 10.2 Å². The van der Waals surface area contributed by atoms with Gasteiger partial charge in [-0.25, -0.2) is 0 Å². The van der Waals surface area contributed by atoms with E-state index in [0.717, 1.165) is 12.6 Å². The molecular formula is C17H27N3. The highest BCUT2D eigenvalue weighted by Crippen LogP contribution is 2.29. The van der Waals surface area contributed by atoms with Crippen molar-refractivity contribution in [3.8, 4) is 0 Å². The van der Waals surface area contributed by atoms with Gasteiger partial charge in [0.2, 0.25) is 0 Å². The number of rotatable bonds is 5. The summed E-state index contributed by atoms with van der Waals surface area (Å²) in [6.45, 7) is 3.59. The molecule has 2 aliphatic rings. The summed E-state index contributed by atoms with van der Waals surface area (Å²) in [5.41, 5.74) is 2.66. The molecule has 2 fully saturated rings. The van der Waals surface area contributed by atoms with E-state index in [1.165, 1.54) is 50.0 Å². The van der Waals surface area contributed by atoms with Gasteiger partial charge in [0, 0.05) is 38.4 Å². The van der Waals surface area contributed by atoms with Gasteiger partial charge < -0.3 is 15.1 Å². The summed E-state index contributed by atoms with van der Waals surface area (Å²) in [5, 5.41) is 3.73. The van der Waals surface area contributed by atoms with Gasteiger partial charge in [0.1, 0.15) is 0 Å². The van der Waals surface area contributed by atoms with Crippen LogP contribution in [0.1, 0.15) is 31.2 Å². The van der Waals surface area contributed by atoms with E-state index in [1.54, 1.807) is 0 Å². The Morgan fingerprint density at radius 2 is 1.70 bits per heavy atom. The Balaban J connectivity index is 1.42. The lowest BCUT2D eigenvalue weighted by atomic mass is 10.0. The molecular weight excluding hydrogens is 246 g/mol. The lowest BCUT2D eigenvalue weighted by molar-refractivity contribution is 0.189. The van der Waals surface area contributed by atoms with E-state index in [0.29, 0.717) is 6.04 Å². The third kappa shape index (κ3) is 3.53. The molecule has 1 aliphatic carbocycles. The number of nitrogens with zero attached hydrogens (tertiary/aromatic N) is 2. The van der Waals surface area contributed by atoms with Crippen LogP contribution in [0.2, 0.25) is 0 Å². The van der Waals surface area contributed by atoms with Crippen molar-refractivity contribution in [3.63, 3.8) is 0 Å². The first-order valence-electron chi connectivity index (χ1n) is 7.96. The Hall–Kier alpha value is -1.06. The van der Waals surface area contributed by atoms with Crippen LogP contribution in [0, 0.1) is 0 Å². The minimum atomic E-state index is 0.707. The molecule has 0 aromatic heterocycles. The highest BCUT2D eigenvalue weighted by molar-refractivity contribution is 5.45. The number of anilines is 1. The normalized spacial score (nSPS) is 21.1. The summed E-state index contributed by atoms with van der Waals surface area (Å²) < 4.78 is 0. The van der Waals surface area contributed by atoms with Crippen molar-refractivity contribution < 1.29 is 0 Å². The molecule has 0 unspecified atom stereocenters. The van der Waals surface area contributed by atoms with Crippen LogP contribution in [-0.4, -0.2) is 44.2 Å². The Kier molecular flexibility index (Phi) is 4.27. The second-order valence-corrected chi connectivity index (χ2v) is 6.48. The highest BCUT2D eigenvalue weighted by Gasteiger charge is 2.31. The minimum absolute atomic E-state index is 0.707. The van der Waals surface area contributed by atoms with Crippen LogP contribution in [-0.2, 0) is 6.54 Å². The maximum absolute atomic E-state index is 3.73. The fourth-order valence-electron chi connectivity index (χ4n) is 3.08. The number of hydrogen-bond donors (Lipinski definition) is 1. The van der Waals surface area contributed by atoms with E-state index in [2.05, 4.69) is 53.5 Å². The van der Waals surface area contributed by atoms with Crippen molar-refractivity contribution in [2.75, 3.05) is 32.1 Å². The van der Waals surface area contributed by atoms with E-state index >= 15 is 0 Å². The van der Waals surface area contributed by atoms with Crippen molar-refractivity contribution in [3.05, 3.63) is 29.8 Å². The van der Waals surface area contributed by atoms with Crippen LogP contribution in [0.5, 0.6) is 0 Å². The Bertz CT molecular complexity index is 414. The molecule has 0 bridgehead atoms. The van der Waals surface area contributed by atoms with Gasteiger partial charge in [-0.3, -0.25) is 0 Å². The minimum Gasteiger partial charge on any atom is -0.378 e. The molecule has 3 rings (SSSR count). The third-order valence-electron chi connectivity index (χ3n) is 4.64. The molecule has 1 aromatic rings. The molecule has 1 saturated heterocycles. The van der Waals surface area contributed by atoms with Crippen LogP contribution >= 0.6 is 0 Å². The van der Waals surface area contributed by atoms with E-state index in [-0.39, 0.29) is 0 Å². The van der Waals surface area contributed by atoms with Crippen molar-refractivity contribution >= 4 is 5.69 Å². The molecule has 1 saturated carbocycles. The van der Waals surface area contributed by atoms with Crippen molar-refractivity contribution in [1.82, 2.24) is 10.2 Å². The molecule has 0 atom stereocenters. The fourth-order valence-corrected chi connectivity index (χ4v) is 3.08. The molecule has 3 nitrogen and oxygen atoms in total. The van der Waals surface area contributed by atoms with Crippen LogP contribution in [0.15, 0.2) is 24.3 Å². The molecule has 110 valence electrons. The van der Waals surface area contributed by atoms with E-state index < -0.39 is 0 Å². The molecule has 1 N–H and O–H groups in total. The number of nitrogens with one attached hydrogen (secondary N) is 1. The van der Waals surface area contributed by atoms with Gasteiger partial charge in [-0.05, 0) is 56.5 Å². The Morgan fingerprint density at radius 1 is 1.05 bits per heavy atom. The first-order valence-corrected chi connectivity index (χ1v) is 7.96. The van der Waals surface area contributed by atoms with Gasteiger partial charge in [-0.2, -0.15) is 0 Å². The summed E-state index contributed by atoms with van der Waals surface area (Å²) in [5.74, 6) is 0. The average molecular weight is 273 g/mol. The first kappa shape index (κ1) is 13.9. The largest absolute Gasteiger partial charge is 0.378 e. The molecule has 1 aliphatic heterocycles. The van der Waals surface area contributed by atoms with Crippen molar-refractivity contribution in [2.45, 2.75) is 44.3 Å². The summed E-state index contributed by atoms with van der Waals surface area (Å²) in [6, 6.07) is 10.5. The summed E-state index contributed by atoms with van der Waals surface area (Å²) in [6.07, 6.45) is 5.51. The molecule has 0 spiro atoms. The number of likely N-dealkylation sites (tertiary alicyclic amines) is 1. The lowest BCUT2D eigenvalue weighted by Gasteiger charge is -2.32. The monoisotopic (exact) mass is 273 g/mol. The van der Waals surface area contributed by atoms with Crippen LogP contribution in [0.25, 0.3) is 0 Å². The topological polar surface area (TPSA) is 18.5 Å². The quantitative estimate of drug-likeness (QED) is 0.889. The maximum Gasteiger partial charge on any atom is 0.0361 e. The van der Waals surface area contributed by atoms with Crippen LogP contribution in [0.3, 0.4) is 0 Å². The molecule has 0 radical (unpaired) electrons. The molecule has 20 heavy (non-hydrogen) atoms. The SMILES string of the molecule is CN(C)c1ccc(CNC2CCN(C3CC3)CC2)cc1. The van der Waals surface area contributed by atoms with E-state index in [9.17, 15) is 0 Å². The molecule has 3 heteroatoms. The predicted octanol–water partition coefficient (Wildman–Crippen LogP) is 2.47. The number of benzene rings is 1. The standard InChI is InChI=1S/C17H27N3/c1-19(2)16-5-3-14(4-6-16)13-18-15-9-11-20(12-10-15)17-7-8-17/h3-6,15,17-18H,7-13H2,1-2H3. The average Bonchev–Trinajstić information content (AvgIpc) is 3.31. The number of hydrogen-bond acceptors (Lipinski definition) is 3. The second-order valence-electron chi connectivity index (χ2n) is 6.48. The van der Waals surface area contributed by atoms with Crippen LogP contribution in [0.4, 0.5) is 5.69 Å². The highest BCUT2D eigenvalue weighted by atomic mass is 15.2. The van der Waals surface area contributed by atoms with Gasteiger partial charge in [0.25, 0.3) is 0 Å². The zero-order chi connectivity index (χ0) is 13.9. The van der Waals surface area contributed by atoms with Gasteiger partial charge >= 0.3 is 0 Å². The molecule has 0 amide bonds. The van der Waals surface area contributed by atoms with E-state index in [4.69, 9.17) is 0 Å². The zero-order valence-electron chi connectivity index (χ0n) is 12.8. The predicted molar refractivity (Wildman–Crippen MR) is 85.2 cm³/mol. The van der Waals surface area contributed by atoms with E-state index in [1.807, 2.05) is 0 Å². The van der Waals surface area contributed by atoms with Gasteiger partial charge in [0.05, 0.1) is 0 Å². The smallest absolute Gasteiger partial charge is 0.0361 e. The lowest BCUT2D eigenvalue weighted by Crippen LogP contribution is -2.43. The molecule has 1 heterocycles. The van der Waals surface area contributed by atoms with Gasteiger partial charge in [-0.1, -0.05) is 12.1 Å². The first-order chi connectivity index (χ1) is 9.72. The number of piperidine rings is 1. The Morgan fingerprint density at radius 3 is 2.25 bits per heavy atom. The second kappa shape index (κ2) is 6.15. The Labute approximate surface area is 123 Å². The fraction of sp³-hybridized carbons (Fsp3) is 0.647. The van der Waals surface area contributed by atoms with Crippen molar-refractivity contribution in [1.29, 1.82) is 0 Å².